The first kappa shape index (κ1) is 15.6. The van der Waals surface area contributed by atoms with Crippen molar-refractivity contribution in [3.05, 3.63) is 0 Å². The van der Waals surface area contributed by atoms with E-state index in [9.17, 15) is 9.90 Å². The zero-order valence-corrected chi connectivity index (χ0v) is 13.5. The minimum absolute atomic E-state index is 0. The van der Waals surface area contributed by atoms with Crippen LogP contribution in [0.15, 0.2) is 0 Å². The third-order valence-electron chi connectivity index (χ3n) is 6.58. The highest BCUT2D eigenvalue weighted by atomic mass is 35.5. The molecule has 4 bridgehead atoms. The molecule has 0 saturated heterocycles. The Hall–Kier alpha value is -0.320. The summed E-state index contributed by atoms with van der Waals surface area (Å²) in [7, 11) is 0. The molecule has 21 heavy (non-hydrogen) atoms. The second-order valence-electron chi connectivity index (χ2n) is 8.40. The van der Waals surface area contributed by atoms with Crippen LogP contribution in [-0.4, -0.2) is 28.2 Å². The number of nitrogens with one attached hydrogen (secondary N) is 1. The van der Waals surface area contributed by atoms with Gasteiger partial charge in [-0.15, -0.1) is 12.4 Å². The summed E-state index contributed by atoms with van der Waals surface area (Å²) in [5.74, 6) is 1.34. The number of halogens is 1. The van der Waals surface area contributed by atoms with Gasteiger partial charge in [0.1, 0.15) is 0 Å². The van der Waals surface area contributed by atoms with Gasteiger partial charge in [0.15, 0.2) is 0 Å². The van der Waals surface area contributed by atoms with Crippen LogP contribution in [0.5, 0.6) is 0 Å². The number of carbonyl (C=O) groups is 1. The summed E-state index contributed by atoms with van der Waals surface area (Å²) < 4.78 is 0. The summed E-state index contributed by atoms with van der Waals surface area (Å²) >= 11 is 0. The van der Waals surface area contributed by atoms with Gasteiger partial charge >= 0.3 is 0 Å². The van der Waals surface area contributed by atoms with Gasteiger partial charge in [-0.1, -0.05) is 0 Å². The van der Waals surface area contributed by atoms with E-state index in [-0.39, 0.29) is 29.8 Å². The molecule has 0 aromatic carbocycles. The molecule has 5 rings (SSSR count). The lowest BCUT2D eigenvalue weighted by atomic mass is 9.46. The molecule has 1 amide bonds. The normalized spacial score (nSPS) is 46.6. The van der Waals surface area contributed by atoms with E-state index >= 15 is 0 Å². The van der Waals surface area contributed by atoms with Crippen molar-refractivity contribution in [3.63, 3.8) is 0 Å². The van der Waals surface area contributed by atoms with E-state index in [2.05, 4.69) is 12.2 Å². The van der Waals surface area contributed by atoms with Crippen LogP contribution in [0.25, 0.3) is 0 Å². The van der Waals surface area contributed by atoms with Gasteiger partial charge in [-0.2, -0.15) is 0 Å². The summed E-state index contributed by atoms with van der Waals surface area (Å²) in [5.41, 5.74) is 5.06. The summed E-state index contributed by atoms with van der Waals surface area (Å²) in [6, 6.07) is 0.133. The molecule has 4 nitrogen and oxygen atoms in total. The zero-order valence-electron chi connectivity index (χ0n) is 12.7. The molecular weight excluding hydrogens is 288 g/mol. The number of hydrogen-bond donors (Lipinski definition) is 3. The number of aliphatic hydroxyl groups is 1. The molecular formula is C16H27ClN2O2. The molecule has 0 spiro atoms. The van der Waals surface area contributed by atoms with E-state index in [4.69, 9.17) is 5.73 Å². The Labute approximate surface area is 132 Å². The second-order valence-corrected chi connectivity index (χ2v) is 8.40. The van der Waals surface area contributed by atoms with Crippen molar-refractivity contribution in [3.8, 4) is 0 Å². The van der Waals surface area contributed by atoms with Crippen molar-refractivity contribution < 1.29 is 9.90 Å². The topological polar surface area (TPSA) is 75.4 Å². The van der Waals surface area contributed by atoms with Crippen LogP contribution in [0.2, 0.25) is 0 Å². The molecule has 0 heterocycles. The first-order valence-electron chi connectivity index (χ1n) is 8.15. The number of nitrogens with two attached hydrogens (primary N) is 1. The van der Waals surface area contributed by atoms with E-state index in [0.717, 1.165) is 32.1 Å². The highest BCUT2D eigenvalue weighted by Gasteiger charge is 2.59. The minimum atomic E-state index is -0.590. The van der Waals surface area contributed by atoms with Crippen LogP contribution in [0.4, 0.5) is 0 Å². The molecule has 0 aliphatic heterocycles. The van der Waals surface area contributed by atoms with Crippen molar-refractivity contribution in [1.82, 2.24) is 5.32 Å². The van der Waals surface area contributed by atoms with Gasteiger partial charge in [0.05, 0.1) is 11.1 Å². The molecule has 120 valence electrons. The second kappa shape index (κ2) is 4.59. The maximum atomic E-state index is 12.2. The average Bonchev–Trinajstić information content (AvgIpc) is 3.05. The quantitative estimate of drug-likeness (QED) is 0.742. The zero-order chi connectivity index (χ0) is 14.2. The molecule has 4 N–H and O–H groups in total. The van der Waals surface area contributed by atoms with Gasteiger partial charge in [-0.25, -0.2) is 0 Å². The molecule has 0 radical (unpaired) electrons. The average molecular weight is 315 g/mol. The monoisotopic (exact) mass is 314 g/mol. The SMILES string of the molecule is CC(NC(=O)C1(N)CC1)C12CC3CC(CC(O)(C3)C1)C2.Cl. The Bertz CT molecular complexity index is 449. The predicted octanol–water partition coefficient (Wildman–Crippen LogP) is 1.74. The lowest BCUT2D eigenvalue weighted by Gasteiger charge is -2.62. The molecule has 3 unspecified atom stereocenters. The summed E-state index contributed by atoms with van der Waals surface area (Å²) in [4.78, 5) is 12.2. The first-order chi connectivity index (χ1) is 9.33. The van der Waals surface area contributed by atoms with Crippen LogP contribution >= 0.6 is 12.4 Å². The van der Waals surface area contributed by atoms with E-state index in [0.29, 0.717) is 11.8 Å². The Morgan fingerprint density at radius 2 is 1.81 bits per heavy atom. The van der Waals surface area contributed by atoms with Gasteiger partial charge in [-0.05, 0) is 75.5 Å². The minimum Gasteiger partial charge on any atom is -0.390 e. The summed E-state index contributed by atoms with van der Waals surface area (Å²) in [5, 5.41) is 14.0. The molecule has 5 saturated carbocycles. The molecule has 0 aromatic heterocycles. The number of amides is 1. The molecule has 5 aliphatic carbocycles. The Morgan fingerprint density at radius 3 is 2.29 bits per heavy atom. The van der Waals surface area contributed by atoms with E-state index in [1.54, 1.807) is 0 Å². The number of carbonyl (C=O) groups excluding carboxylic acids is 1. The fourth-order valence-electron chi connectivity index (χ4n) is 5.65. The van der Waals surface area contributed by atoms with Crippen molar-refractivity contribution in [2.45, 2.75) is 75.5 Å². The van der Waals surface area contributed by atoms with Crippen LogP contribution < -0.4 is 11.1 Å². The molecule has 5 aliphatic rings. The van der Waals surface area contributed by atoms with E-state index in [1.165, 1.54) is 19.3 Å². The largest absolute Gasteiger partial charge is 0.390 e. The molecule has 5 heteroatoms. The molecule has 3 atom stereocenters. The van der Waals surface area contributed by atoms with E-state index in [1.807, 2.05) is 0 Å². The Balaban J connectivity index is 0.00000132. The lowest BCUT2D eigenvalue weighted by Crippen LogP contribution is -2.62. The summed E-state index contributed by atoms with van der Waals surface area (Å²) in [6.45, 7) is 2.13. The van der Waals surface area contributed by atoms with E-state index < -0.39 is 11.1 Å². The van der Waals surface area contributed by atoms with Gasteiger partial charge in [0.2, 0.25) is 5.91 Å². The van der Waals surface area contributed by atoms with Crippen LogP contribution in [0, 0.1) is 17.3 Å². The Morgan fingerprint density at radius 1 is 1.24 bits per heavy atom. The predicted molar refractivity (Wildman–Crippen MR) is 83.1 cm³/mol. The highest BCUT2D eigenvalue weighted by molar-refractivity contribution is 5.89. The maximum Gasteiger partial charge on any atom is 0.240 e. The highest BCUT2D eigenvalue weighted by Crippen LogP contribution is 2.62. The standard InChI is InChI=1S/C16H26N2O2.ClH/c1-10(18-13(19)16(17)2-3-16)14-5-11-4-12(6-14)8-15(20,7-11)9-14;/h10-12,20H,2-9,17H2,1H3,(H,18,19);1H. The van der Waals surface area contributed by atoms with Crippen LogP contribution in [0.3, 0.4) is 0 Å². The maximum absolute atomic E-state index is 12.2. The number of rotatable bonds is 3. The van der Waals surface area contributed by atoms with Crippen molar-refractivity contribution in [2.75, 3.05) is 0 Å². The third kappa shape index (κ3) is 2.40. The Kier molecular flexibility index (Phi) is 3.40. The lowest BCUT2D eigenvalue weighted by molar-refractivity contribution is -0.173. The van der Waals surface area contributed by atoms with Gasteiger partial charge in [0.25, 0.3) is 0 Å². The fourth-order valence-corrected chi connectivity index (χ4v) is 5.65. The van der Waals surface area contributed by atoms with Crippen LogP contribution in [-0.2, 0) is 4.79 Å². The third-order valence-corrected chi connectivity index (χ3v) is 6.58. The van der Waals surface area contributed by atoms with Crippen molar-refractivity contribution >= 4 is 18.3 Å². The summed E-state index contributed by atoms with van der Waals surface area (Å²) in [6.07, 6.45) is 8.08. The van der Waals surface area contributed by atoms with Gasteiger partial charge in [-0.3, -0.25) is 4.79 Å². The fraction of sp³-hybridized carbons (Fsp3) is 0.938. The van der Waals surface area contributed by atoms with Crippen LogP contribution in [0.1, 0.15) is 58.3 Å². The molecule has 0 aromatic rings. The van der Waals surface area contributed by atoms with Gasteiger partial charge in [0, 0.05) is 6.04 Å². The first-order valence-corrected chi connectivity index (χ1v) is 8.15. The number of hydrogen-bond acceptors (Lipinski definition) is 3. The van der Waals surface area contributed by atoms with Crippen molar-refractivity contribution in [2.24, 2.45) is 23.0 Å². The smallest absolute Gasteiger partial charge is 0.240 e. The molecule has 5 fully saturated rings. The van der Waals surface area contributed by atoms with Crippen molar-refractivity contribution in [1.29, 1.82) is 0 Å². The van der Waals surface area contributed by atoms with Gasteiger partial charge < -0.3 is 16.2 Å².